The summed E-state index contributed by atoms with van der Waals surface area (Å²) in [6, 6.07) is 0. The van der Waals surface area contributed by atoms with Gasteiger partial charge in [0.2, 0.25) is 0 Å². The number of hydrogen-bond donors (Lipinski definition) is 0. The molecule has 0 nitrogen and oxygen atoms in total. The van der Waals surface area contributed by atoms with Crippen molar-refractivity contribution >= 4 is 18.6 Å². The van der Waals surface area contributed by atoms with Crippen molar-refractivity contribution in [1.29, 1.82) is 0 Å². The third kappa shape index (κ3) is 4.53. The molecule has 0 spiro atoms. The average Bonchev–Trinajstić information content (AvgIpc) is 3.27. The normalized spacial score (nSPS) is 33.3. The van der Waals surface area contributed by atoms with Gasteiger partial charge in [0.15, 0.2) is 0 Å². The Morgan fingerprint density at radius 1 is 0.739 bits per heavy atom. The molecule has 4 rings (SSSR count). The molecule has 124 valence electrons. The second kappa shape index (κ2) is 9.29. The van der Waals surface area contributed by atoms with Gasteiger partial charge in [0, 0.05) is 0 Å². The van der Waals surface area contributed by atoms with Crippen LogP contribution >= 0.6 is 18.6 Å². The third-order valence-corrected chi connectivity index (χ3v) is 6.01. The van der Waals surface area contributed by atoms with Crippen molar-refractivity contribution in [2.75, 3.05) is 0 Å². The standard InChI is InChI=1S/C10H11.C10H15.2ClH.Ti/c1-2-9-7-4-5-8(6-7)10(9)3-1;1-6-7(2)9(4)10(5)8(6)3;;;/h1-3,7-8H,4-6H2;1-5H3;2*1H;/q;;;;+2/p-2. The predicted molar refractivity (Wildman–Crippen MR) is 96.5 cm³/mol. The summed E-state index contributed by atoms with van der Waals surface area (Å²) >= 11 is -0.556. The van der Waals surface area contributed by atoms with Crippen LogP contribution in [0.3, 0.4) is 0 Å². The van der Waals surface area contributed by atoms with Gasteiger partial charge < -0.3 is 0 Å². The van der Waals surface area contributed by atoms with E-state index in [1.807, 2.05) is 0 Å². The van der Waals surface area contributed by atoms with Crippen LogP contribution in [-0.2, 0) is 17.0 Å². The van der Waals surface area contributed by atoms with Gasteiger partial charge in [0.25, 0.3) is 0 Å². The van der Waals surface area contributed by atoms with E-state index >= 15 is 0 Å². The van der Waals surface area contributed by atoms with Crippen LogP contribution in [0.1, 0.15) is 53.9 Å². The van der Waals surface area contributed by atoms with Crippen LogP contribution in [-0.4, -0.2) is 0 Å². The van der Waals surface area contributed by atoms with Crippen LogP contribution in [0.25, 0.3) is 0 Å². The van der Waals surface area contributed by atoms with Gasteiger partial charge in [-0.25, -0.2) is 0 Å². The van der Waals surface area contributed by atoms with Crippen LogP contribution in [0, 0.1) is 72.5 Å². The molecule has 0 N–H and O–H groups in total. The SMILES string of the molecule is C[C]1[C](C)[C](C)[C](C)[C]1C.[CH]1[CH][C]2[C]([CH]1)C1CCC2C1.[Cl][Ti][Cl]. The van der Waals surface area contributed by atoms with Gasteiger partial charge in [-0.05, 0) is 91.8 Å². The zero-order valence-corrected chi connectivity index (χ0v) is 17.8. The topological polar surface area (TPSA) is 0 Å². The Morgan fingerprint density at radius 3 is 1.35 bits per heavy atom. The molecular formula is C20H26Cl2Ti. The summed E-state index contributed by atoms with van der Waals surface area (Å²) in [4.78, 5) is 0. The number of hydrogen-bond acceptors (Lipinski definition) is 0. The molecular weight excluding hydrogens is 359 g/mol. The van der Waals surface area contributed by atoms with Gasteiger partial charge in [-0.15, -0.1) is 0 Å². The fourth-order valence-electron chi connectivity index (χ4n) is 4.14. The minimum absolute atomic E-state index is 0.556. The van der Waals surface area contributed by atoms with Gasteiger partial charge in [0.05, 0.1) is 0 Å². The molecule has 4 aliphatic rings. The molecule has 0 aromatic heterocycles. The molecule has 4 fully saturated rings. The van der Waals surface area contributed by atoms with Crippen molar-refractivity contribution in [2.45, 2.75) is 53.9 Å². The molecule has 0 aliphatic heterocycles. The van der Waals surface area contributed by atoms with E-state index in [2.05, 4.69) is 53.9 Å². The Morgan fingerprint density at radius 2 is 1.04 bits per heavy atom. The molecule has 3 heteroatoms. The molecule has 2 unspecified atom stereocenters. The van der Waals surface area contributed by atoms with Crippen LogP contribution < -0.4 is 0 Å². The number of halogens is 2. The summed E-state index contributed by atoms with van der Waals surface area (Å²) in [5.41, 5.74) is 0. The molecule has 2 atom stereocenters. The summed E-state index contributed by atoms with van der Waals surface area (Å²) in [5.74, 6) is 12.6. The second-order valence-corrected chi connectivity index (χ2v) is 9.42. The summed E-state index contributed by atoms with van der Waals surface area (Å²) in [6.07, 6.45) is 11.2. The van der Waals surface area contributed by atoms with Crippen LogP contribution in [0.4, 0.5) is 0 Å². The molecule has 0 heterocycles. The zero-order valence-electron chi connectivity index (χ0n) is 14.8. The molecule has 0 aromatic carbocycles. The molecule has 23 heavy (non-hydrogen) atoms. The molecule has 4 saturated carbocycles. The minimum atomic E-state index is -0.556. The maximum atomic E-state index is 4.89. The summed E-state index contributed by atoms with van der Waals surface area (Å²) in [5, 5.41) is 0. The van der Waals surface area contributed by atoms with E-state index in [1.54, 1.807) is 11.8 Å². The molecule has 0 amide bonds. The van der Waals surface area contributed by atoms with Crippen molar-refractivity contribution in [2.24, 2.45) is 11.8 Å². The molecule has 4 aliphatic carbocycles. The summed E-state index contributed by atoms with van der Waals surface area (Å²) in [6.45, 7) is 11.0. The van der Waals surface area contributed by atoms with E-state index in [9.17, 15) is 0 Å². The van der Waals surface area contributed by atoms with E-state index < -0.39 is 17.0 Å². The first-order chi connectivity index (χ1) is 10.9. The van der Waals surface area contributed by atoms with E-state index in [-0.39, 0.29) is 0 Å². The third-order valence-electron chi connectivity index (χ3n) is 6.01. The predicted octanol–water partition coefficient (Wildman–Crippen LogP) is 6.54. The summed E-state index contributed by atoms with van der Waals surface area (Å²) < 4.78 is 0. The van der Waals surface area contributed by atoms with Crippen molar-refractivity contribution in [1.82, 2.24) is 0 Å². The fourth-order valence-corrected chi connectivity index (χ4v) is 4.14. The first-order valence-electron chi connectivity index (χ1n) is 8.33. The Labute approximate surface area is 161 Å². The quantitative estimate of drug-likeness (QED) is 0.416. The van der Waals surface area contributed by atoms with E-state index in [1.165, 1.54) is 48.9 Å². The van der Waals surface area contributed by atoms with E-state index in [0.29, 0.717) is 0 Å². The van der Waals surface area contributed by atoms with E-state index in [0.717, 1.165) is 11.8 Å². The first-order valence-corrected chi connectivity index (χ1v) is 12.6. The Kier molecular flexibility index (Phi) is 8.33. The van der Waals surface area contributed by atoms with Gasteiger partial charge in [-0.2, -0.15) is 0 Å². The Hall–Kier alpha value is 1.29. The maximum absolute atomic E-state index is 4.89. The van der Waals surface area contributed by atoms with Gasteiger partial charge in [-0.3, -0.25) is 0 Å². The van der Waals surface area contributed by atoms with Crippen LogP contribution in [0.15, 0.2) is 0 Å². The van der Waals surface area contributed by atoms with Gasteiger partial charge >= 0.3 is 35.6 Å². The molecule has 0 saturated heterocycles. The second-order valence-electron chi connectivity index (χ2n) is 6.84. The summed E-state index contributed by atoms with van der Waals surface area (Å²) in [7, 11) is 9.78. The van der Waals surface area contributed by atoms with Crippen LogP contribution in [0.2, 0.25) is 0 Å². The van der Waals surface area contributed by atoms with Gasteiger partial charge in [-0.1, -0.05) is 34.6 Å². The first kappa shape index (κ1) is 20.6. The molecule has 0 aromatic rings. The Balaban J connectivity index is 0.000000143. The van der Waals surface area contributed by atoms with E-state index in [4.69, 9.17) is 18.6 Å². The molecule has 10 radical (unpaired) electrons. The van der Waals surface area contributed by atoms with Crippen LogP contribution in [0.5, 0.6) is 0 Å². The van der Waals surface area contributed by atoms with Crippen molar-refractivity contribution in [3.05, 3.63) is 60.7 Å². The number of rotatable bonds is 0. The van der Waals surface area contributed by atoms with Crippen molar-refractivity contribution in [3.8, 4) is 0 Å². The number of fused-ring (bicyclic) bond motifs is 5. The zero-order chi connectivity index (χ0) is 17.1. The fraction of sp³-hybridized carbons (Fsp3) is 0.500. The Bertz CT molecular complexity index is 301. The molecule has 2 bridgehead atoms. The van der Waals surface area contributed by atoms with Crippen molar-refractivity contribution in [3.63, 3.8) is 0 Å². The van der Waals surface area contributed by atoms with Crippen molar-refractivity contribution < 1.29 is 17.0 Å². The van der Waals surface area contributed by atoms with Gasteiger partial charge in [0.1, 0.15) is 0 Å². The monoisotopic (exact) mass is 384 g/mol. The average molecular weight is 385 g/mol.